The maximum absolute atomic E-state index is 7.95. The normalized spacial score (nSPS) is 5.50. The molecule has 0 aliphatic rings. The fraction of sp³-hybridized carbons (Fsp3) is 0.800. The molecular weight excluding hydrogens is 104 g/mol. The van der Waals surface area contributed by atoms with Crippen LogP contribution < -0.4 is 6.15 Å². The molecule has 0 unspecified atom stereocenters. The molecule has 0 spiro atoms. The van der Waals surface area contributed by atoms with Gasteiger partial charge in [-0.25, -0.2) is 0 Å². The molecule has 0 saturated heterocycles. The highest BCUT2D eigenvalue weighted by atomic mass is 16.0. The van der Waals surface area contributed by atoms with E-state index in [1.54, 1.807) is 0 Å². The quantitative estimate of drug-likeness (QED) is 0.549. The van der Waals surface area contributed by atoms with E-state index in [9.17, 15) is 0 Å². The first kappa shape index (κ1) is 15.7. The third-order valence-electron chi connectivity index (χ3n) is 0.642. The van der Waals surface area contributed by atoms with Crippen LogP contribution in [-0.4, -0.2) is 5.48 Å². The van der Waals surface area contributed by atoms with E-state index < -0.39 is 0 Å². The Kier molecular flexibility index (Phi) is 31.6. The first-order valence-electron chi connectivity index (χ1n) is 2.28. The van der Waals surface area contributed by atoms with Gasteiger partial charge in [0.2, 0.25) is 0 Å². The minimum Gasteiger partial charge on any atom is -0.412 e. The van der Waals surface area contributed by atoms with Crippen LogP contribution >= 0.6 is 0 Å². The van der Waals surface area contributed by atoms with Crippen LogP contribution in [0.5, 0.6) is 0 Å². The second kappa shape index (κ2) is 16.1. The zero-order valence-electron chi connectivity index (χ0n) is 5.28. The standard InChI is InChI=1S/C5H9N.H3N.H2O/c1-2-3-4-5-6;;/h2-4H2,1H3;1H3;1H2. The molecule has 8 heavy (non-hydrogen) atoms. The van der Waals surface area contributed by atoms with Gasteiger partial charge < -0.3 is 11.6 Å². The Balaban J connectivity index is -0.000000125. The molecule has 3 heteroatoms. The molecular formula is C5H14N2O. The summed E-state index contributed by atoms with van der Waals surface area (Å²) in [4.78, 5) is 0. The van der Waals surface area contributed by atoms with E-state index in [1.807, 2.05) is 0 Å². The molecule has 0 aromatic heterocycles. The van der Waals surface area contributed by atoms with Crippen molar-refractivity contribution < 1.29 is 5.48 Å². The van der Waals surface area contributed by atoms with Crippen LogP contribution in [0.25, 0.3) is 0 Å². The summed E-state index contributed by atoms with van der Waals surface area (Å²) in [6.45, 7) is 2.08. The van der Waals surface area contributed by atoms with Crippen molar-refractivity contribution in [3.63, 3.8) is 0 Å². The molecule has 0 aromatic rings. The molecule has 0 heterocycles. The SMILES string of the molecule is CCCCC#N.N.O. The van der Waals surface area contributed by atoms with Crippen molar-refractivity contribution in [2.45, 2.75) is 26.2 Å². The van der Waals surface area contributed by atoms with Crippen LogP contribution in [0.15, 0.2) is 0 Å². The minimum atomic E-state index is 0. The van der Waals surface area contributed by atoms with Crippen molar-refractivity contribution in [1.29, 1.82) is 5.26 Å². The summed E-state index contributed by atoms with van der Waals surface area (Å²) in [7, 11) is 0. The molecule has 0 bridgehead atoms. The second-order valence-corrected chi connectivity index (χ2v) is 1.26. The molecule has 0 aromatic carbocycles. The first-order valence-corrected chi connectivity index (χ1v) is 2.28. The third-order valence-corrected chi connectivity index (χ3v) is 0.642. The molecule has 0 fully saturated rings. The van der Waals surface area contributed by atoms with Gasteiger partial charge in [-0.15, -0.1) is 0 Å². The minimum absolute atomic E-state index is 0. The van der Waals surface area contributed by atoms with Gasteiger partial charge in [0.25, 0.3) is 0 Å². The van der Waals surface area contributed by atoms with Crippen LogP contribution in [0.3, 0.4) is 0 Å². The van der Waals surface area contributed by atoms with Crippen molar-refractivity contribution in [2.75, 3.05) is 0 Å². The highest BCUT2D eigenvalue weighted by Crippen LogP contribution is 1.88. The van der Waals surface area contributed by atoms with E-state index in [1.165, 1.54) is 0 Å². The van der Waals surface area contributed by atoms with E-state index in [4.69, 9.17) is 5.26 Å². The fourth-order valence-electron chi connectivity index (χ4n) is 0.256. The zero-order valence-corrected chi connectivity index (χ0v) is 5.28. The Hall–Kier alpha value is -0.590. The summed E-state index contributed by atoms with van der Waals surface area (Å²) in [5.74, 6) is 0. The lowest BCUT2D eigenvalue weighted by atomic mass is 10.3. The topological polar surface area (TPSA) is 90.3 Å². The average molecular weight is 118 g/mol. The monoisotopic (exact) mass is 118 g/mol. The number of hydrogen-bond acceptors (Lipinski definition) is 2. The number of nitriles is 1. The van der Waals surface area contributed by atoms with E-state index in [2.05, 4.69) is 13.0 Å². The highest BCUT2D eigenvalue weighted by Gasteiger charge is 1.74. The van der Waals surface area contributed by atoms with E-state index >= 15 is 0 Å². The van der Waals surface area contributed by atoms with Crippen molar-refractivity contribution in [3.8, 4) is 6.07 Å². The Labute approximate surface area is 50.2 Å². The van der Waals surface area contributed by atoms with Crippen LogP contribution in [0.4, 0.5) is 0 Å². The number of unbranched alkanes of at least 4 members (excludes halogenated alkanes) is 2. The van der Waals surface area contributed by atoms with Gasteiger partial charge in [0, 0.05) is 6.42 Å². The smallest absolute Gasteiger partial charge is 0.0621 e. The van der Waals surface area contributed by atoms with Crippen molar-refractivity contribution >= 4 is 0 Å². The second-order valence-electron chi connectivity index (χ2n) is 1.26. The van der Waals surface area contributed by atoms with Crippen LogP contribution in [0.1, 0.15) is 26.2 Å². The van der Waals surface area contributed by atoms with Gasteiger partial charge in [-0.2, -0.15) is 5.26 Å². The molecule has 0 aliphatic carbocycles. The lowest BCUT2D eigenvalue weighted by Gasteiger charge is -1.77. The zero-order chi connectivity index (χ0) is 4.83. The Bertz CT molecular complexity index is 57.9. The van der Waals surface area contributed by atoms with Crippen molar-refractivity contribution in [3.05, 3.63) is 0 Å². The lowest BCUT2D eigenvalue weighted by molar-refractivity contribution is 0.822. The molecule has 50 valence electrons. The summed E-state index contributed by atoms with van der Waals surface area (Å²) in [5, 5.41) is 7.95. The molecule has 0 saturated carbocycles. The summed E-state index contributed by atoms with van der Waals surface area (Å²) in [6, 6.07) is 2.07. The van der Waals surface area contributed by atoms with E-state index in [-0.39, 0.29) is 11.6 Å². The first-order chi connectivity index (χ1) is 2.91. The van der Waals surface area contributed by atoms with Crippen LogP contribution in [0.2, 0.25) is 0 Å². The molecule has 3 nitrogen and oxygen atoms in total. The lowest BCUT2D eigenvalue weighted by Crippen LogP contribution is -1.62. The molecule has 5 N–H and O–H groups in total. The predicted octanol–water partition coefficient (Wildman–Crippen LogP) is 1.04. The maximum atomic E-state index is 7.95. The number of hydrogen-bond donors (Lipinski definition) is 1. The third kappa shape index (κ3) is 18.1. The summed E-state index contributed by atoms with van der Waals surface area (Å²) in [6.07, 6.45) is 2.90. The number of rotatable bonds is 2. The van der Waals surface area contributed by atoms with Crippen LogP contribution in [-0.2, 0) is 0 Å². The van der Waals surface area contributed by atoms with Gasteiger partial charge >= 0.3 is 0 Å². The molecule has 0 aliphatic heterocycles. The Morgan fingerprint density at radius 3 is 2.12 bits per heavy atom. The van der Waals surface area contributed by atoms with Gasteiger partial charge in [-0.3, -0.25) is 0 Å². The summed E-state index contributed by atoms with van der Waals surface area (Å²) < 4.78 is 0. The van der Waals surface area contributed by atoms with Gasteiger partial charge in [0.05, 0.1) is 6.07 Å². The highest BCUT2D eigenvalue weighted by molar-refractivity contribution is 4.66. The average Bonchev–Trinajstić information content (AvgIpc) is 1.61. The Morgan fingerprint density at radius 2 is 2.00 bits per heavy atom. The van der Waals surface area contributed by atoms with Crippen molar-refractivity contribution in [1.82, 2.24) is 6.15 Å². The predicted molar refractivity (Wildman–Crippen MR) is 33.8 cm³/mol. The van der Waals surface area contributed by atoms with Gasteiger partial charge in [0.1, 0.15) is 0 Å². The Morgan fingerprint density at radius 1 is 1.50 bits per heavy atom. The van der Waals surface area contributed by atoms with E-state index in [0.29, 0.717) is 0 Å². The molecule has 0 amide bonds. The largest absolute Gasteiger partial charge is 0.412 e. The van der Waals surface area contributed by atoms with Gasteiger partial charge in [-0.05, 0) is 6.42 Å². The number of nitrogens with zero attached hydrogens (tertiary/aromatic N) is 1. The van der Waals surface area contributed by atoms with Gasteiger partial charge in [-0.1, -0.05) is 13.3 Å². The molecule has 0 rings (SSSR count). The van der Waals surface area contributed by atoms with E-state index in [0.717, 1.165) is 19.3 Å². The fourth-order valence-corrected chi connectivity index (χ4v) is 0.256. The molecule has 0 atom stereocenters. The summed E-state index contributed by atoms with van der Waals surface area (Å²) >= 11 is 0. The maximum Gasteiger partial charge on any atom is 0.0621 e. The van der Waals surface area contributed by atoms with Gasteiger partial charge in [0.15, 0.2) is 0 Å². The molecule has 0 radical (unpaired) electrons. The summed E-state index contributed by atoms with van der Waals surface area (Å²) in [5.41, 5.74) is 0. The van der Waals surface area contributed by atoms with Crippen molar-refractivity contribution in [2.24, 2.45) is 0 Å². The van der Waals surface area contributed by atoms with Crippen LogP contribution in [0, 0.1) is 11.3 Å².